The maximum absolute atomic E-state index is 12.0. The molecule has 4 heteroatoms. The first-order valence-electron chi connectivity index (χ1n) is 7.03. The second kappa shape index (κ2) is 6.75. The molecule has 2 rings (SSSR count). The van der Waals surface area contributed by atoms with Gasteiger partial charge in [0.05, 0.1) is 0 Å². The Morgan fingerprint density at radius 3 is 2.89 bits per heavy atom. The quantitative estimate of drug-likeness (QED) is 0.765. The number of furan rings is 1. The molecule has 0 radical (unpaired) electrons. The number of hydrogen-bond donors (Lipinski definition) is 0. The average molecular weight is 266 g/mol. The number of carbonyl (C=O) groups excluding carboxylic acids is 1. The summed E-state index contributed by atoms with van der Waals surface area (Å²) < 4.78 is 16.0. The number of carbonyl (C=O) groups is 1. The summed E-state index contributed by atoms with van der Waals surface area (Å²) in [6.07, 6.45) is 5.61. The summed E-state index contributed by atoms with van der Waals surface area (Å²) in [5.41, 5.74) is 0. The van der Waals surface area contributed by atoms with Crippen LogP contribution < -0.4 is 0 Å². The lowest BCUT2D eigenvalue weighted by molar-refractivity contribution is -0.00261. The van der Waals surface area contributed by atoms with Crippen molar-refractivity contribution >= 4 is 5.97 Å². The Morgan fingerprint density at radius 2 is 2.16 bits per heavy atom. The van der Waals surface area contributed by atoms with E-state index in [4.69, 9.17) is 13.9 Å². The predicted octanol–water partition coefficient (Wildman–Crippen LogP) is 3.55. The third-order valence-electron chi connectivity index (χ3n) is 3.77. The van der Waals surface area contributed by atoms with E-state index in [9.17, 15) is 4.79 Å². The summed E-state index contributed by atoms with van der Waals surface area (Å²) in [4.78, 5) is 12.0. The molecular weight excluding hydrogens is 244 g/mol. The van der Waals surface area contributed by atoms with Crippen molar-refractivity contribution in [2.24, 2.45) is 5.92 Å². The fourth-order valence-corrected chi connectivity index (χ4v) is 2.70. The van der Waals surface area contributed by atoms with Crippen LogP contribution in [0, 0.1) is 5.92 Å². The number of ether oxygens (including phenoxy) is 2. The Kier molecular flexibility index (Phi) is 5.02. The van der Waals surface area contributed by atoms with Gasteiger partial charge in [0.15, 0.2) is 0 Å². The van der Waals surface area contributed by atoms with Crippen molar-refractivity contribution in [2.45, 2.75) is 51.7 Å². The molecule has 0 bridgehead atoms. The topological polar surface area (TPSA) is 48.7 Å². The molecule has 1 fully saturated rings. The number of hydrogen-bond acceptors (Lipinski definition) is 4. The van der Waals surface area contributed by atoms with Gasteiger partial charge in [0.2, 0.25) is 5.76 Å². The summed E-state index contributed by atoms with van der Waals surface area (Å²) in [6.45, 7) is 2.52. The molecule has 1 saturated carbocycles. The highest BCUT2D eigenvalue weighted by molar-refractivity contribution is 5.86. The lowest BCUT2D eigenvalue weighted by atomic mass is 9.85. The Labute approximate surface area is 114 Å². The molecule has 19 heavy (non-hydrogen) atoms. The third-order valence-corrected chi connectivity index (χ3v) is 3.77. The van der Waals surface area contributed by atoms with Crippen LogP contribution in [0.25, 0.3) is 0 Å². The third kappa shape index (κ3) is 3.60. The highest BCUT2D eigenvalue weighted by atomic mass is 16.6. The molecule has 0 N–H and O–H groups in total. The molecule has 0 aromatic carbocycles. The van der Waals surface area contributed by atoms with Gasteiger partial charge in [0.1, 0.15) is 18.5 Å². The van der Waals surface area contributed by atoms with Crippen LogP contribution in [0.15, 0.2) is 16.5 Å². The zero-order valence-corrected chi connectivity index (χ0v) is 11.7. The van der Waals surface area contributed by atoms with Crippen LogP contribution in [0.2, 0.25) is 0 Å². The second-order valence-corrected chi connectivity index (χ2v) is 5.10. The maximum atomic E-state index is 12.0. The van der Waals surface area contributed by atoms with Crippen LogP contribution in [0.1, 0.15) is 55.3 Å². The van der Waals surface area contributed by atoms with E-state index in [1.165, 1.54) is 6.42 Å². The summed E-state index contributed by atoms with van der Waals surface area (Å²) in [5, 5.41) is 0. The second-order valence-electron chi connectivity index (χ2n) is 5.10. The van der Waals surface area contributed by atoms with Crippen LogP contribution >= 0.6 is 0 Å². The molecule has 4 nitrogen and oxygen atoms in total. The summed E-state index contributed by atoms with van der Waals surface area (Å²) in [5.74, 6) is 1.05. The summed E-state index contributed by atoms with van der Waals surface area (Å²) in [6, 6.07) is 3.40. The Morgan fingerprint density at radius 1 is 1.37 bits per heavy atom. The zero-order valence-electron chi connectivity index (χ0n) is 11.7. The van der Waals surface area contributed by atoms with Crippen LogP contribution in [0.3, 0.4) is 0 Å². The van der Waals surface area contributed by atoms with Gasteiger partial charge in [0.25, 0.3) is 0 Å². The molecule has 106 valence electrons. The molecular formula is C15H22O4. The number of rotatable bonds is 5. The van der Waals surface area contributed by atoms with Gasteiger partial charge in [0, 0.05) is 7.11 Å². The zero-order chi connectivity index (χ0) is 13.7. The summed E-state index contributed by atoms with van der Waals surface area (Å²) in [7, 11) is 1.59. The smallest absolute Gasteiger partial charge is 0.374 e. The highest BCUT2D eigenvalue weighted by Crippen LogP contribution is 2.29. The fraction of sp³-hybridized carbons (Fsp3) is 0.667. The van der Waals surface area contributed by atoms with E-state index in [-0.39, 0.29) is 17.8 Å². The van der Waals surface area contributed by atoms with Crippen LogP contribution in [-0.4, -0.2) is 19.2 Å². The lowest BCUT2D eigenvalue weighted by Crippen LogP contribution is -2.29. The fourth-order valence-electron chi connectivity index (χ4n) is 2.70. The minimum Gasteiger partial charge on any atom is -0.456 e. The average Bonchev–Trinajstić information content (AvgIpc) is 2.88. The molecule has 1 heterocycles. The van der Waals surface area contributed by atoms with E-state index < -0.39 is 0 Å². The normalized spacial score (nSPS) is 23.3. The van der Waals surface area contributed by atoms with Gasteiger partial charge in [-0.1, -0.05) is 13.3 Å². The van der Waals surface area contributed by atoms with Crippen LogP contribution in [0.4, 0.5) is 0 Å². The van der Waals surface area contributed by atoms with E-state index in [0.717, 1.165) is 25.7 Å². The largest absolute Gasteiger partial charge is 0.456 e. The van der Waals surface area contributed by atoms with Crippen LogP contribution in [-0.2, 0) is 16.1 Å². The van der Waals surface area contributed by atoms with Gasteiger partial charge < -0.3 is 13.9 Å². The Hall–Kier alpha value is -1.29. The Balaban J connectivity index is 1.95. The van der Waals surface area contributed by atoms with Gasteiger partial charge in [-0.25, -0.2) is 4.79 Å². The van der Waals surface area contributed by atoms with E-state index in [1.807, 2.05) is 0 Å². The molecule has 2 unspecified atom stereocenters. The predicted molar refractivity (Wildman–Crippen MR) is 70.9 cm³/mol. The summed E-state index contributed by atoms with van der Waals surface area (Å²) >= 11 is 0. The van der Waals surface area contributed by atoms with Crippen molar-refractivity contribution in [1.29, 1.82) is 0 Å². The molecule has 0 aliphatic heterocycles. The van der Waals surface area contributed by atoms with Gasteiger partial charge in [-0.05, 0) is 43.7 Å². The molecule has 0 saturated heterocycles. The highest BCUT2D eigenvalue weighted by Gasteiger charge is 2.28. The van der Waals surface area contributed by atoms with Crippen molar-refractivity contribution < 1.29 is 18.7 Å². The van der Waals surface area contributed by atoms with Crippen molar-refractivity contribution in [3.63, 3.8) is 0 Å². The van der Waals surface area contributed by atoms with Gasteiger partial charge >= 0.3 is 5.97 Å². The van der Waals surface area contributed by atoms with E-state index >= 15 is 0 Å². The first-order valence-corrected chi connectivity index (χ1v) is 7.03. The number of methoxy groups -OCH3 is 1. The first-order chi connectivity index (χ1) is 9.24. The van der Waals surface area contributed by atoms with Crippen molar-refractivity contribution in [2.75, 3.05) is 7.11 Å². The molecule has 2 atom stereocenters. The van der Waals surface area contributed by atoms with Crippen molar-refractivity contribution in [1.82, 2.24) is 0 Å². The van der Waals surface area contributed by atoms with Gasteiger partial charge in [-0.15, -0.1) is 0 Å². The molecule has 1 aromatic rings. The monoisotopic (exact) mass is 266 g/mol. The molecule has 1 aliphatic carbocycles. The molecule has 0 amide bonds. The maximum Gasteiger partial charge on any atom is 0.374 e. The van der Waals surface area contributed by atoms with Crippen molar-refractivity contribution in [3.8, 4) is 0 Å². The van der Waals surface area contributed by atoms with Crippen molar-refractivity contribution in [3.05, 3.63) is 23.7 Å². The molecule has 1 aromatic heterocycles. The molecule has 1 aliphatic rings. The van der Waals surface area contributed by atoms with Gasteiger partial charge in [-0.3, -0.25) is 0 Å². The number of esters is 1. The van der Waals surface area contributed by atoms with E-state index in [0.29, 0.717) is 18.3 Å². The lowest BCUT2D eigenvalue weighted by Gasteiger charge is -2.30. The molecule has 0 spiro atoms. The van der Waals surface area contributed by atoms with Gasteiger partial charge in [-0.2, -0.15) is 0 Å². The first kappa shape index (κ1) is 14.1. The van der Waals surface area contributed by atoms with E-state index in [1.54, 1.807) is 19.2 Å². The standard InChI is InChI=1S/C15H22O4/c1-3-11-6-4-5-7-13(11)19-15(16)14-9-8-12(18-14)10-17-2/h8-9,11,13H,3-7,10H2,1-2H3. The minimum atomic E-state index is -0.354. The van der Waals surface area contributed by atoms with E-state index in [2.05, 4.69) is 6.92 Å². The van der Waals surface area contributed by atoms with Crippen LogP contribution in [0.5, 0.6) is 0 Å². The Bertz CT molecular complexity index is 410. The SMILES string of the molecule is CCC1CCCCC1OC(=O)c1ccc(COC)o1. The minimum absolute atomic E-state index is 0.0437.